The molecule has 0 atom stereocenters. The number of ether oxygens (including phenoxy) is 3. The van der Waals surface area contributed by atoms with Gasteiger partial charge in [-0.3, -0.25) is 0 Å². The van der Waals surface area contributed by atoms with E-state index in [0.29, 0.717) is 23.1 Å². The fourth-order valence-electron chi connectivity index (χ4n) is 1.60. The van der Waals surface area contributed by atoms with Gasteiger partial charge in [-0.15, -0.1) is 0 Å². The number of benzene rings is 1. The van der Waals surface area contributed by atoms with Crippen LogP contribution in [0.3, 0.4) is 0 Å². The van der Waals surface area contributed by atoms with Gasteiger partial charge in [0.05, 0.1) is 18.7 Å². The Morgan fingerprint density at radius 3 is 2.26 bits per heavy atom. The minimum Gasteiger partial charge on any atom is -0.493 e. The molecule has 2 aromatic rings. The third kappa shape index (κ3) is 2.81. The predicted molar refractivity (Wildman–Crippen MR) is 76.3 cm³/mol. The highest BCUT2D eigenvalue weighted by atomic mass is 79.9. The summed E-state index contributed by atoms with van der Waals surface area (Å²) in [5.74, 6) is 2.17. The first kappa shape index (κ1) is 13.7. The van der Waals surface area contributed by atoms with Gasteiger partial charge >= 0.3 is 0 Å². The Balaban J connectivity index is 2.45. The van der Waals surface area contributed by atoms with Crippen LogP contribution < -0.4 is 14.2 Å². The van der Waals surface area contributed by atoms with E-state index in [1.54, 1.807) is 20.4 Å². The average molecular weight is 324 g/mol. The molecule has 0 N–H and O–H groups in total. The summed E-state index contributed by atoms with van der Waals surface area (Å²) >= 11 is 3.46. The molecule has 0 fully saturated rings. The van der Waals surface area contributed by atoms with Crippen molar-refractivity contribution in [2.45, 2.75) is 6.92 Å². The van der Waals surface area contributed by atoms with Crippen LogP contribution >= 0.6 is 15.9 Å². The summed E-state index contributed by atoms with van der Waals surface area (Å²) in [7, 11) is 3.17. The van der Waals surface area contributed by atoms with Crippen LogP contribution in [0, 0.1) is 6.92 Å². The fourth-order valence-corrected chi connectivity index (χ4v) is 1.92. The average Bonchev–Trinajstić information content (AvgIpc) is 2.44. The second kappa shape index (κ2) is 5.93. The molecule has 1 aromatic carbocycles. The highest BCUT2D eigenvalue weighted by Crippen LogP contribution is 2.41. The Bertz CT molecular complexity index is 565. The van der Waals surface area contributed by atoms with Crippen molar-refractivity contribution in [3.05, 3.63) is 40.5 Å². The van der Waals surface area contributed by atoms with Crippen molar-refractivity contribution in [1.82, 2.24) is 4.98 Å². The molecule has 0 amide bonds. The lowest BCUT2D eigenvalue weighted by molar-refractivity contribution is 0.341. The Hall–Kier alpha value is -1.75. The number of nitrogens with zero attached hydrogens (tertiary/aromatic N) is 1. The summed E-state index contributed by atoms with van der Waals surface area (Å²) in [6.07, 6.45) is 1.69. The molecular weight excluding hydrogens is 310 g/mol. The lowest BCUT2D eigenvalue weighted by Crippen LogP contribution is -1.96. The number of pyridine rings is 1. The van der Waals surface area contributed by atoms with Gasteiger partial charge in [-0.1, -0.05) is 6.07 Å². The molecule has 0 aliphatic carbocycles. The largest absolute Gasteiger partial charge is 0.493 e. The first-order valence-corrected chi connectivity index (χ1v) is 6.46. The number of aromatic nitrogens is 1. The van der Waals surface area contributed by atoms with Crippen LogP contribution in [-0.2, 0) is 0 Å². The second-order valence-corrected chi connectivity index (χ2v) is 4.63. The maximum Gasteiger partial charge on any atom is 0.234 e. The van der Waals surface area contributed by atoms with Gasteiger partial charge in [0.2, 0.25) is 11.6 Å². The third-order valence-corrected chi connectivity index (χ3v) is 3.60. The number of para-hydroxylation sites is 1. The monoisotopic (exact) mass is 323 g/mol. The van der Waals surface area contributed by atoms with Crippen LogP contribution in [-0.4, -0.2) is 19.2 Å². The molecule has 4 nitrogen and oxygen atoms in total. The minimum atomic E-state index is 0.475. The number of hydrogen-bond acceptors (Lipinski definition) is 4. The highest BCUT2D eigenvalue weighted by Gasteiger charge is 2.15. The van der Waals surface area contributed by atoms with Gasteiger partial charge < -0.3 is 14.2 Å². The summed E-state index contributed by atoms with van der Waals surface area (Å²) in [6, 6.07) is 7.35. The SMILES string of the molecule is COc1cccc(OC)c1Oc1nccc(C)c1Br. The summed E-state index contributed by atoms with van der Waals surface area (Å²) in [5, 5.41) is 0. The second-order valence-electron chi connectivity index (χ2n) is 3.84. The molecule has 100 valence electrons. The van der Waals surface area contributed by atoms with Gasteiger partial charge in [0, 0.05) is 6.20 Å². The zero-order valence-electron chi connectivity index (χ0n) is 10.9. The number of rotatable bonds is 4. The topological polar surface area (TPSA) is 40.6 Å². The zero-order chi connectivity index (χ0) is 13.8. The minimum absolute atomic E-state index is 0.475. The van der Waals surface area contributed by atoms with E-state index >= 15 is 0 Å². The van der Waals surface area contributed by atoms with E-state index in [1.807, 2.05) is 31.2 Å². The summed E-state index contributed by atoms with van der Waals surface area (Å²) in [4.78, 5) is 4.20. The van der Waals surface area contributed by atoms with Crippen molar-refractivity contribution < 1.29 is 14.2 Å². The lowest BCUT2D eigenvalue weighted by atomic mass is 10.3. The smallest absolute Gasteiger partial charge is 0.234 e. The van der Waals surface area contributed by atoms with Crippen LogP contribution in [0.1, 0.15) is 5.56 Å². The van der Waals surface area contributed by atoms with Gasteiger partial charge in [0.1, 0.15) is 0 Å². The molecule has 0 saturated carbocycles. The molecule has 0 saturated heterocycles. The molecule has 0 aliphatic heterocycles. The highest BCUT2D eigenvalue weighted by molar-refractivity contribution is 9.10. The van der Waals surface area contributed by atoms with Crippen molar-refractivity contribution in [3.8, 4) is 23.1 Å². The van der Waals surface area contributed by atoms with E-state index in [2.05, 4.69) is 20.9 Å². The van der Waals surface area contributed by atoms with Crippen LogP contribution in [0.4, 0.5) is 0 Å². The molecule has 5 heteroatoms. The molecule has 19 heavy (non-hydrogen) atoms. The first-order valence-electron chi connectivity index (χ1n) is 5.67. The molecular formula is C14H14BrNO3. The van der Waals surface area contributed by atoms with Crippen molar-refractivity contribution in [2.24, 2.45) is 0 Å². The van der Waals surface area contributed by atoms with E-state index in [4.69, 9.17) is 14.2 Å². The molecule has 0 radical (unpaired) electrons. The number of halogens is 1. The summed E-state index contributed by atoms with van der Waals surface area (Å²) in [5.41, 5.74) is 1.04. The van der Waals surface area contributed by atoms with Crippen LogP contribution in [0.5, 0.6) is 23.1 Å². The van der Waals surface area contributed by atoms with Crippen molar-refractivity contribution in [1.29, 1.82) is 0 Å². The van der Waals surface area contributed by atoms with Gasteiger partial charge in [0.15, 0.2) is 11.5 Å². The maximum atomic E-state index is 5.83. The lowest BCUT2D eigenvalue weighted by Gasteiger charge is -2.14. The van der Waals surface area contributed by atoms with Crippen molar-refractivity contribution in [2.75, 3.05) is 14.2 Å². The van der Waals surface area contributed by atoms with Crippen molar-refractivity contribution >= 4 is 15.9 Å². The van der Waals surface area contributed by atoms with E-state index in [9.17, 15) is 0 Å². The predicted octanol–water partition coefficient (Wildman–Crippen LogP) is 3.96. The van der Waals surface area contributed by atoms with Crippen LogP contribution in [0.15, 0.2) is 34.9 Å². The van der Waals surface area contributed by atoms with Crippen LogP contribution in [0.2, 0.25) is 0 Å². The van der Waals surface area contributed by atoms with E-state index in [1.165, 1.54) is 0 Å². The van der Waals surface area contributed by atoms with Gasteiger partial charge in [-0.05, 0) is 46.6 Å². The first-order chi connectivity index (χ1) is 9.17. The van der Waals surface area contributed by atoms with E-state index in [0.717, 1.165) is 10.0 Å². The van der Waals surface area contributed by atoms with Crippen molar-refractivity contribution in [3.63, 3.8) is 0 Å². The number of methoxy groups -OCH3 is 2. The van der Waals surface area contributed by atoms with Gasteiger partial charge in [-0.2, -0.15) is 0 Å². The Morgan fingerprint density at radius 2 is 1.68 bits per heavy atom. The third-order valence-electron chi connectivity index (χ3n) is 2.63. The van der Waals surface area contributed by atoms with Gasteiger partial charge in [-0.25, -0.2) is 4.98 Å². The quantitative estimate of drug-likeness (QED) is 0.853. The normalized spacial score (nSPS) is 10.1. The molecule has 0 spiro atoms. The van der Waals surface area contributed by atoms with E-state index in [-0.39, 0.29) is 0 Å². The molecule has 1 heterocycles. The molecule has 0 aliphatic rings. The number of aryl methyl sites for hydroxylation is 1. The Labute approximate surface area is 120 Å². The Morgan fingerprint density at radius 1 is 1.05 bits per heavy atom. The Kier molecular flexibility index (Phi) is 4.27. The number of hydrogen-bond donors (Lipinski definition) is 0. The van der Waals surface area contributed by atoms with Crippen LogP contribution in [0.25, 0.3) is 0 Å². The fraction of sp³-hybridized carbons (Fsp3) is 0.214. The molecule has 1 aromatic heterocycles. The zero-order valence-corrected chi connectivity index (χ0v) is 12.5. The van der Waals surface area contributed by atoms with Gasteiger partial charge in [0.25, 0.3) is 0 Å². The molecule has 2 rings (SSSR count). The summed E-state index contributed by atoms with van der Waals surface area (Å²) in [6.45, 7) is 1.97. The molecule has 0 unspecified atom stereocenters. The summed E-state index contributed by atoms with van der Waals surface area (Å²) < 4.78 is 17.2. The maximum absolute atomic E-state index is 5.83. The molecule has 0 bridgehead atoms. The van der Waals surface area contributed by atoms with E-state index < -0.39 is 0 Å². The standard InChI is InChI=1S/C14H14BrNO3/c1-9-7-8-16-14(12(9)15)19-13-10(17-2)5-4-6-11(13)18-3/h4-8H,1-3H3.